The Bertz CT molecular complexity index is 820. The van der Waals surface area contributed by atoms with Crippen molar-refractivity contribution in [2.45, 2.75) is 20.3 Å². The van der Waals surface area contributed by atoms with E-state index in [-0.39, 0.29) is 12.3 Å². The zero-order chi connectivity index (χ0) is 15.0. The molecular weight excluding hydrogens is 290 g/mol. The molecule has 0 radical (unpaired) electrons. The third-order valence-corrected chi connectivity index (χ3v) is 3.74. The fourth-order valence-electron chi connectivity index (χ4n) is 2.18. The first kappa shape index (κ1) is 13.7. The van der Waals surface area contributed by atoms with Gasteiger partial charge in [0.15, 0.2) is 5.58 Å². The van der Waals surface area contributed by atoms with Gasteiger partial charge >= 0.3 is 0 Å². The highest BCUT2D eigenvalue weighted by Gasteiger charge is 2.14. The Morgan fingerprint density at radius 1 is 1.43 bits per heavy atom. The minimum atomic E-state index is -0.163. The fourth-order valence-corrected chi connectivity index (χ4v) is 2.39. The van der Waals surface area contributed by atoms with E-state index < -0.39 is 0 Å². The molecule has 5 nitrogen and oxygen atoms in total. The maximum Gasteiger partial charge on any atom is 0.231 e. The highest BCUT2D eigenvalue weighted by Crippen LogP contribution is 2.30. The molecule has 1 aromatic carbocycles. The lowest BCUT2D eigenvalue weighted by molar-refractivity contribution is -0.115. The maximum atomic E-state index is 12.0. The highest BCUT2D eigenvalue weighted by atomic mass is 35.5. The van der Waals surface area contributed by atoms with Crippen molar-refractivity contribution in [2.75, 3.05) is 5.32 Å². The quantitative estimate of drug-likeness (QED) is 0.776. The van der Waals surface area contributed by atoms with Gasteiger partial charge in [-0.05, 0) is 19.4 Å². The average Bonchev–Trinajstić information content (AvgIpc) is 3.01. The van der Waals surface area contributed by atoms with Crippen molar-refractivity contribution in [1.82, 2.24) is 9.97 Å². The van der Waals surface area contributed by atoms with Crippen molar-refractivity contribution in [3.8, 4) is 0 Å². The van der Waals surface area contributed by atoms with Gasteiger partial charge in [0.25, 0.3) is 0 Å². The van der Waals surface area contributed by atoms with Crippen LogP contribution in [0.5, 0.6) is 0 Å². The predicted octanol–water partition coefficient (Wildman–Crippen LogP) is 3.61. The Balaban J connectivity index is 1.82. The van der Waals surface area contributed by atoms with E-state index in [1.807, 2.05) is 26.0 Å². The van der Waals surface area contributed by atoms with E-state index in [1.54, 1.807) is 12.5 Å². The van der Waals surface area contributed by atoms with Gasteiger partial charge in [-0.2, -0.15) is 0 Å². The minimum Gasteiger partial charge on any atom is -0.462 e. The van der Waals surface area contributed by atoms with Gasteiger partial charge in [-0.25, -0.2) is 4.98 Å². The number of aromatic amines is 1. The summed E-state index contributed by atoms with van der Waals surface area (Å²) in [4.78, 5) is 19.0. The van der Waals surface area contributed by atoms with Crippen LogP contribution < -0.4 is 5.32 Å². The smallest absolute Gasteiger partial charge is 0.231 e. The predicted molar refractivity (Wildman–Crippen MR) is 81.6 cm³/mol. The van der Waals surface area contributed by atoms with E-state index in [2.05, 4.69) is 15.3 Å². The molecule has 2 heterocycles. The van der Waals surface area contributed by atoms with Gasteiger partial charge in [0.2, 0.25) is 11.9 Å². The number of furan rings is 1. The number of aryl methyl sites for hydroxylation is 2. The second-order valence-electron chi connectivity index (χ2n) is 4.97. The van der Waals surface area contributed by atoms with Crippen LogP contribution in [0.15, 0.2) is 29.0 Å². The number of hydrogen-bond acceptors (Lipinski definition) is 3. The van der Waals surface area contributed by atoms with E-state index in [9.17, 15) is 4.79 Å². The minimum absolute atomic E-state index is 0.163. The first-order valence-electron chi connectivity index (χ1n) is 6.51. The Morgan fingerprint density at radius 3 is 2.95 bits per heavy atom. The summed E-state index contributed by atoms with van der Waals surface area (Å²) in [5.74, 6) is 0.280. The van der Waals surface area contributed by atoms with Gasteiger partial charge in [-0.1, -0.05) is 23.7 Å². The van der Waals surface area contributed by atoms with E-state index >= 15 is 0 Å². The number of fused-ring (bicyclic) bond motifs is 1. The summed E-state index contributed by atoms with van der Waals surface area (Å²) < 4.78 is 5.48. The van der Waals surface area contributed by atoms with E-state index in [0.29, 0.717) is 16.6 Å². The zero-order valence-electron chi connectivity index (χ0n) is 11.7. The van der Waals surface area contributed by atoms with Gasteiger partial charge in [-0.3, -0.25) is 10.1 Å². The SMILES string of the molecule is Cc1cnc(NC(=O)Cc2coc3c(Cl)c(C)ccc23)[nH]1. The molecule has 108 valence electrons. The number of hydrogen-bond donors (Lipinski definition) is 2. The lowest BCUT2D eigenvalue weighted by atomic mass is 10.1. The van der Waals surface area contributed by atoms with Gasteiger partial charge in [-0.15, -0.1) is 0 Å². The summed E-state index contributed by atoms with van der Waals surface area (Å²) in [6.07, 6.45) is 3.43. The van der Waals surface area contributed by atoms with Crippen LogP contribution in [-0.4, -0.2) is 15.9 Å². The van der Waals surface area contributed by atoms with Crippen molar-refractivity contribution >= 4 is 34.4 Å². The Hall–Kier alpha value is -2.27. The largest absolute Gasteiger partial charge is 0.462 e. The molecule has 0 atom stereocenters. The Labute approximate surface area is 126 Å². The summed E-state index contributed by atoms with van der Waals surface area (Å²) >= 11 is 6.20. The molecule has 3 aromatic rings. The van der Waals surface area contributed by atoms with E-state index in [4.69, 9.17) is 16.0 Å². The molecule has 0 aliphatic carbocycles. The van der Waals surface area contributed by atoms with Crippen LogP contribution in [0.2, 0.25) is 5.02 Å². The summed E-state index contributed by atoms with van der Waals surface area (Å²) in [7, 11) is 0. The number of amides is 1. The summed E-state index contributed by atoms with van der Waals surface area (Å²) in [6, 6.07) is 3.83. The molecule has 6 heteroatoms. The summed E-state index contributed by atoms with van der Waals surface area (Å²) in [6.45, 7) is 3.78. The van der Waals surface area contributed by atoms with Crippen LogP contribution in [0.4, 0.5) is 5.95 Å². The van der Waals surface area contributed by atoms with Crippen molar-refractivity contribution in [2.24, 2.45) is 0 Å². The maximum absolute atomic E-state index is 12.0. The summed E-state index contributed by atoms with van der Waals surface area (Å²) in [5, 5.41) is 4.15. The third-order valence-electron chi connectivity index (χ3n) is 3.27. The van der Waals surface area contributed by atoms with E-state index in [1.165, 1.54) is 0 Å². The molecule has 0 unspecified atom stereocenters. The highest BCUT2D eigenvalue weighted by molar-refractivity contribution is 6.35. The molecular formula is C15H14ClN3O2. The van der Waals surface area contributed by atoms with Gasteiger partial charge in [0.1, 0.15) is 0 Å². The Morgan fingerprint density at radius 2 is 2.24 bits per heavy atom. The first-order chi connectivity index (χ1) is 10.0. The van der Waals surface area contributed by atoms with Crippen LogP contribution in [0.3, 0.4) is 0 Å². The second-order valence-corrected chi connectivity index (χ2v) is 5.35. The zero-order valence-corrected chi connectivity index (χ0v) is 12.4. The van der Waals surface area contributed by atoms with E-state index in [0.717, 1.165) is 22.2 Å². The normalized spacial score (nSPS) is 11.0. The lowest BCUT2D eigenvalue weighted by Crippen LogP contribution is -2.15. The number of carbonyl (C=O) groups is 1. The number of aromatic nitrogens is 2. The van der Waals surface area contributed by atoms with Crippen LogP contribution >= 0.6 is 11.6 Å². The van der Waals surface area contributed by atoms with Crippen LogP contribution in [0.1, 0.15) is 16.8 Å². The molecule has 0 saturated carbocycles. The van der Waals surface area contributed by atoms with Crippen molar-refractivity contribution < 1.29 is 9.21 Å². The molecule has 21 heavy (non-hydrogen) atoms. The molecule has 1 amide bonds. The standard InChI is InChI=1S/C15H14ClN3O2/c1-8-3-4-11-10(7-21-14(11)13(8)16)5-12(20)19-15-17-6-9(2)18-15/h3-4,6-7H,5H2,1-2H3,(H2,17,18,19,20). The molecule has 0 fully saturated rings. The number of benzene rings is 1. The summed E-state index contributed by atoms with van der Waals surface area (Å²) in [5.41, 5.74) is 3.25. The third kappa shape index (κ3) is 2.64. The number of halogens is 1. The molecule has 0 aliphatic rings. The van der Waals surface area contributed by atoms with Gasteiger partial charge in [0.05, 0.1) is 17.7 Å². The second kappa shape index (κ2) is 5.26. The molecule has 0 saturated heterocycles. The van der Waals surface area contributed by atoms with Crippen molar-refractivity contribution in [1.29, 1.82) is 0 Å². The number of nitrogens with zero attached hydrogens (tertiary/aromatic N) is 1. The number of anilines is 1. The Kier molecular flexibility index (Phi) is 3.43. The first-order valence-corrected chi connectivity index (χ1v) is 6.89. The van der Waals surface area contributed by atoms with Gasteiger partial charge < -0.3 is 9.40 Å². The molecule has 0 bridgehead atoms. The number of H-pyrrole nitrogens is 1. The van der Waals surface area contributed by atoms with Crippen molar-refractivity contribution in [3.05, 3.63) is 46.4 Å². The molecule has 2 N–H and O–H groups in total. The fraction of sp³-hybridized carbons (Fsp3) is 0.200. The van der Waals surface area contributed by atoms with Crippen LogP contribution in [-0.2, 0) is 11.2 Å². The number of imidazole rings is 1. The van der Waals surface area contributed by atoms with Crippen LogP contribution in [0.25, 0.3) is 11.0 Å². The molecule has 3 rings (SSSR count). The number of rotatable bonds is 3. The number of carbonyl (C=O) groups excluding carboxylic acids is 1. The monoisotopic (exact) mass is 303 g/mol. The molecule has 2 aromatic heterocycles. The number of nitrogens with one attached hydrogen (secondary N) is 2. The van der Waals surface area contributed by atoms with Crippen molar-refractivity contribution in [3.63, 3.8) is 0 Å². The lowest BCUT2D eigenvalue weighted by Gasteiger charge is -2.01. The average molecular weight is 304 g/mol. The van der Waals surface area contributed by atoms with Crippen LogP contribution in [0, 0.1) is 13.8 Å². The molecule has 0 spiro atoms. The van der Waals surface area contributed by atoms with Gasteiger partial charge in [0, 0.05) is 22.8 Å². The topological polar surface area (TPSA) is 70.9 Å². The molecule has 0 aliphatic heterocycles.